The standard InChI is InChI=1S/C12H8FNO2S2/c1-7(15)14-11(16)10(18-12(14)17)6-8-4-2-3-5-9(8)13/h2-6H,1H3/b10-6-. The fourth-order valence-electron chi connectivity index (χ4n) is 1.47. The zero-order valence-corrected chi connectivity index (χ0v) is 11.0. The van der Waals surface area contributed by atoms with Gasteiger partial charge >= 0.3 is 0 Å². The Hall–Kier alpha value is -1.53. The summed E-state index contributed by atoms with van der Waals surface area (Å²) in [5, 5.41) is 0. The second kappa shape index (κ2) is 4.99. The summed E-state index contributed by atoms with van der Waals surface area (Å²) in [6, 6.07) is 6.08. The van der Waals surface area contributed by atoms with Crippen LogP contribution in [0.25, 0.3) is 6.08 Å². The van der Waals surface area contributed by atoms with Gasteiger partial charge in [-0.3, -0.25) is 9.59 Å². The summed E-state index contributed by atoms with van der Waals surface area (Å²) in [7, 11) is 0. The lowest BCUT2D eigenvalue weighted by atomic mass is 10.2. The highest BCUT2D eigenvalue weighted by Gasteiger charge is 2.34. The zero-order chi connectivity index (χ0) is 13.3. The Morgan fingerprint density at radius 1 is 1.44 bits per heavy atom. The van der Waals surface area contributed by atoms with Gasteiger partial charge < -0.3 is 0 Å². The summed E-state index contributed by atoms with van der Waals surface area (Å²) in [5.74, 6) is -1.36. The molecular weight excluding hydrogens is 273 g/mol. The maximum atomic E-state index is 13.4. The molecular formula is C12H8FNO2S2. The van der Waals surface area contributed by atoms with E-state index in [2.05, 4.69) is 0 Å². The van der Waals surface area contributed by atoms with Gasteiger partial charge in [0.25, 0.3) is 5.91 Å². The average molecular weight is 281 g/mol. The van der Waals surface area contributed by atoms with Crippen LogP contribution in [0.3, 0.4) is 0 Å². The highest BCUT2D eigenvalue weighted by Crippen LogP contribution is 2.32. The molecule has 1 fully saturated rings. The van der Waals surface area contributed by atoms with Crippen LogP contribution in [-0.2, 0) is 9.59 Å². The Bertz CT molecular complexity index is 583. The molecule has 0 saturated carbocycles. The van der Waals surface area contributed by atoms with Gasteiger partial charge in [0.1, 0.15) is 5.82 Å². The van der Waals surface area contributed by atoms with Crippen LogP contribution >= 0.6 is 24.0 Å². The van der Waals surface area contributed by atoms with Crippen LogP contribution in [0, 0.1) is 5.82 Å². The zero-order valence-electron chi connectivity index (χ0n) is 9.34. The molecule has 1 aromatic rings. The summed E-state index contributed by atoms with van der Waals surface area (Å²) < 4.78 is 13.6. The molecule has 0 unspecified atom stereocenters. The number of hydrogen-bond donors (Lipinski definition) is 0. The first-order valence-corrected chi connectivity index (χ1v) is 6.26. The van der Waals surface area contributed by atoms with Crippen molar-refractivity contribution < 1.29 is 14.0 Å². The molecule has 1 aromatic carbocycles. The lowest BCUT2D eigenvalue weighted by Gasteiger charge is -2.07. The Morgan fingerprint density at radius 3 is 2.67 bits per heavy atom. The number of thiocarbonyl (C=S) groups is 1. The molecule has 0 radical (unpaired) electrons. The van der Waals surface area contributed by atoms with Gasteiger partial charge in [0.15, 0.2) is 4.32 Å². The quantitative estimate of drug-likeness (QED) is 0.585. The van der Waals surface area contributed by atoms with Crippen LogP contribution in [0.4, 0.5) is 4.39 Å². The van der Waals surface area contributed by atoms with Gasteiger partial charge in [0, 0.05) is 12.5 Å². The number of carbonyl (C=O) groups excluding carboxylic acids is 2. The first-order chi connectivity index (χ1) is 8.50. The smallest absolute Gasteiger partial charge is 0.273 e. The molecule has 0 aliphatic carbocycles. The largest absolute Gasteiger partial charge is 0.274 e. The van der Waals surface area contributed by atoms with Crippen molar-refractivity contribution in [1.29, 1.82) is 0 Å². The second-order valence-electron chi connectivity index (χ2n) is 3.56. The van der Waals surface area contributed by atoms with Crippen LogP contribution in [0.15, 0.2) is 29.2 Å². The summed E-state index contributed by atoms with van der Waals surface area (Å²) in [6.07, 6.45) is 1.40. The Morgan fingerprint density at radius 2 is 2.11 bits per heavy atom. The minimum absolute atomic E-state index is 0.176. The van der Waals surface area contributed by atoms with Gasteiger partial charge in [0.05, 0.1) is 4.91 Å². The van der Waals surface area contributed by atoms with Crippen molar-refractivity contribution in [3.63, 3.8) is 0 Å². The Labute approximate surface area is 113 Å². The van der Waals surface area contributed by atoms with Gasteiger partial charge in [-0.2, -0.15) is 0 Å². The number of rotatable bonds is 1. The van der Waals surface area contributed by atoms with Crippen molar-refractivity contribution in [1.82, 2.24) is 4.90 Å². The molecule has 1 saturated heterocycles. The van der Waals surface area contributed by atoms with Crippen molar-refractivity contribution >= 4 is 46.2 Å². The maximum absolute atomic E-state index is 13.4. The van der Waals surface area contributed by atoms with Crippen LogP contribution in [0.1, 0.15) is 12.5 Å². The fraction of sp³-hybridized carbons (Fsp3) is 0.0833. The number of hydrogen-bond acceptors (Lipinski definition) is 4. The summed E-state index contributed by atoms with van der Waals surface area (Å²) in [5.41, 5.74) is 0.293. The Kier molecular flexibility index (Phi) is 3.58. The van der Waals surface area contributed by atoms with E-state index in [1.165, 1.54) is 19.1 Å². The molecule has 0 bridgehead atoms. The van der Waals surface area contributed by atoms with E-state index in [-0.39, 0.29) is 9.23 Å². The first kappa shape index (κ1) is 12.9. The van der Waals surface area contributed by atoms with Crippen LogP contribution in [0.2, 0.25) is 0 Å². The monoisotopic (exact) mass is 281 g/mol. The molecule has 0 spiro atoms. The minimum Gasteiger partial charge on any atom is -0.274 e. The first-order valence-electron chi connectivity index (χ1n) is 5.04. The lowest BCUT2D eigenvalue weighted by Crippen LogP contribution is -2.32. The average Bonchev–Trinajstić information content (AvgIpc) is 2.57. The number of amides is 2. The van der Waals surface area contributed by atoms with E-state index in [1.54, 1.807) is 18.2 Å². The van der Waals surface area contributed by atoms with Crippen LogP contribution < -0.4 is 0 Å². The Balaban J connectivity index is 2.37. The molecule has 1 heterocycles. The molecule has 18 heavy (non-hydrogen) atoms. The molecule has 1 aliphatic heterocycles. The van der Waals surface area contributed by atoms with Gasteiger partial charge in [0.2, 0.25) is 5.91 Å². The summed E-state index contributed by atoms with van der Waals surface area (Å²) >= 11 is 5.93. The van der Waals surface area contributed by atoms with Gasteiger partial charge in [-0.25, -0.2) is 9.29 Å². The summed E-state index contributed by atoms with van der Waals surface area (Å²) in [6.45, 7) is 1.26. The molecule has 0 N–H and O–H groups in total. The molecule has 2 amide bonds. The van der Waals surface area contributed by atoms with Crippen molar-refractivity contribution in [2.75, 3.05) is 0 Å². The molecule has 3 nitrogen and oxygen atoms in total. The van der Waals surface area contributed by atoms with Crippen molar-refractivity contribution in [2.45, 2.75) is 6.92 Å². The molecule has 0 aromatic heterocycles. The molecule has 2 rings (SSSR count). The normalized spacial score (nSPS) is 17.7. The topological polar surface area (TPSA) is 37.4 Å². The molecule has 6 heteroatoms. The number of imide groups is 1. The fourth-order valence-corrected chi connectivity index (χ4v) is 2.81. The van der Waals surface area contributed by atoms with E-state index in [0.29, 0.717) is 5.56 Å². The van der Waals surface area contributed by atoms with E-state index in [1.807, 2.05) is 0 Å². The number of nitrogens with zero attached hydrogens (tertiary/aromatic N) is 1. The van der Waals surface area contributed by atoms with Gasteiger partial charge in [-0.1, -0.05) is 42.2 Å². The van der Waals surface area contributed by atoms with Crippen LogP contribution in [0.5, 0.6) is 0 Å². The number of carbonyl (C=O) groups is 2. The predicted molar refractivity (Wildman–Crippen MR) is 72.1 cm³/mol. The predicted octanol–water partition coefficient (Wildman–Crippen LogP) is 2.57. The van der Waals surface area contributed by atoms with Crippen LogP contribution in [-0.4, -0.2) is 21.0 Å². The van der Waals surface area contributed by atoms with Crippen molar-refractivity contribution in [2.24, 2.45) is 0 Å². The third-order valence-corrected chi connectivity index (χ3v) is 3.60. The maximum Gasteiger partial charge on any atom is 0.273 e. The molecule has 1 aliphatic rings. The minimum atomic E-state index is -0.499. The molecule has 0 atom stereocenters. The third-order valence-electron chi connectivity index (χ3n) is 2.30. The number of benzene rings is 1. The second-order valence-corrected chi connectivity index (χ2v) is 5.23. The van der Waals surface area contributed by atoms with E-state index in [4.69, 9.17) is 12.2 Å². The van der Waals surface area contributed by atoms with E-state index >= 15 is 0 Å². The summed E-state index contributed by atoms with van der Waals surface area (Å²) in [4.78, 5) is 24.3. The van der Waals surface area contributed by atoms with Gasteiger partial charge in [-0.15, -0.1) is 0 Å². The highest BCUT2D eigenvalue weighted by molar-refractivity contribution is 8.26. The SMILES string of the molecule is CC(=O)N1C(=O)/C(=C/c2ccccc2F)SC1=S. The van der Waals surface area contributed by atoms with Crippen molar-refractivity contribution in [3.05, 3.63) is 40.6 Å². The van der Waals surface area contributed by atoms with Gasteiger partial charge in [-0.05, 0) is 12.1 Å². The van der Waals surface area contributed by atoms with Crippen molar-refractivity contribution in [3.8, 4) is 0 Å². The molecule has 92 valence electrons. The number of thioether (sulfide) groups is 1. The van der Waals surface area contributed by atoms with E-state index in [9.17, 15) is 14.0 Å². The van der Waals surface area contributed by atoms with E-state index in [0.717, 1.165) is 16.7 Å². The number of halogens is 1. The lowest BCUT2D eigenvalue weighted by molar-refractivity contribution is -0.135. The van der Waals surface area contributed by atoms with E-state index < -0.39 is 17.6 Å². The highest BCUT2D eigenvalue weighted by atomic mass is 32.2. The third kappa shape index (κ3) is 2.34.